The van der Waals surface area contributed by atoms with Gasteiger partial charge in [-0.05, 0) is 12.8 Å². The minimum Gasteiger partial charge on any atom is -0.319 e. The van der Waals surface area contributed by atoms with Crippen molar-refractivity contribution in [1.29, 1.82) is 0 Å². The first kappa shape index (κ1) is 8.79. The van der Waals surface area contributed by atoms with Gasteiger partial charge in [-0.3, -0.25) is 4.79 Å². The van der Waals surface area contributed by atoms with Gasteiger partial charge in [-0.1, -0.05) is 11.3 Å². The molecule has 5 heteroatoms. The Balaban J connectivity index is 1.95. The lowest BCUT2D eigenvalue weighted by atomic mass is 10.3. The lowest BCUT2D eigenvalue weighted by Gasteiger charge is -1.97. The summed E-state index contributed by atoms with van der Waals surface area (Å²) in [6.45, 7) is 0. The van der Waals surface area contributed by atoms with E-state index in [-0.39, 0.29) is 4.87 Å². The Kier molecular flexibility index (Phi) is 1.92. The zero-order chi connectivity index (χ0) is 10.3. The van der Waals surface area contributed by atoms with Crippen LogP contribution in [-0.4, -0.2) is 15.0 Å². The van der Waals surface area contributed by atoms with Crippen molar-refractivity contribution < 1.29 is 0 Å². The Bertz CT molecular complexity index is 524. The van der Waals surface area contributed by atoms with E-state index in [1.165, 1.54) is 24.2 Å². The van der Waals surface area contributed by atoms with Gasteiger partial charge in [0, 0.05) is 30.1 Å². The molecule has 0 aliphatic heterocycles. The van der Waals surface area contributed by atoms with Gasteiger partial charge in [0.1, 0.15) is 5.82 Å². The summed E-state index contributed by atoms with van der Waals surface area (Å²) >= 11 is 1.18. The van der Waals surface area contributed by atoms with Crippen molar-refractivity contribution >= 4 is 11.3 Å². The first-order valence-corrected chi connectivity index (χ1v) is 5.65. The van der Waals surface area contributed by atoms with E-state index in [0.717, 1.165) is 16.3 Å². The molecular weight excluding hydrogens is 210 g/mol. The average Bonchev–Trinajstić information content (AvgIpc) is 3.02. The first-order chi connectivity index (χ1) is 7.33. The number of aromatic amines is 1. The van der Waals surface area contributed by atoms with Crippen LogP contribution in [0.4, 0.5) is 0 Å². The van der Waals surface area contributed by atoms with E-state index < -0.39 is 0 Å². The topological polar surface area (TPSA) is 58.6 Å². The highest BCUT2D eigenvalue weighted by molar-refractivity contribution is 7.12. The maximum absolute atomic E-state index is 11.0. The van der Waals surface area contributed by atoms with Crippen LogP contribution >= 0.6 is 11.3 Å². The lowest BCUT2D eigenvalue weighted by molar-refractivity contribution is 0.929. The van der Waals surface area contributed by atoms with Crippen molar-refractivity contribution in [3.8, 4) is 10.4 Å². The molecule has 1 saturated carbocycles. The van der Waals surface area contributed by atoms with Gasteiger partial charge in [-0.25, -0.2) is 9.97 Å². The average molecular weight is 219 g/mol. The van der Waals surface area contributed by atoms with Crippen molar-refractivity contribution in [3.63, 3.8) is 0 Å². The molecule has 1 aliphatic carbocycles. The van der Waals surface area contributed by atoms with Gasteiger partial charge >= 0.3 is 4.87 Å². The summed E-state index contributed by atoms with van der Waals surface area (Å²) in [4.78, 5) is 23.1. The monoisotopic (exact) mass is 219 g/mol. The van der Waals surface area contributed by atoms with Gasteiger partial charge in [-0.15, -0.1) is 0 Å². The predicted octanol–water partition coefficient (Wildman–Crippen LogP) is 1.77. The van der Waals surface area contributed by atoms with E-state index >= 15 is 0 Å². The molecular formula is C10H9N3OS. The van der Waals surface area contributed by atoms with E-state index in [0.29, 0.717) is 5.92 Å². The van der Waals surface area contributed by atoms with Gasteiger partial charge in [0.25, 0.3) is 0 Å². The second kappa shape index (κ2) is 3.27. The second-order valence-electron chi connectivity index (χ2n) is 3.65. The molecule has 1 N–H and O–H groups in total. The van der Waals surface area contributed by atoms with Gasteiger partial charge in [0.05, 0.1) is 4.88 Å². The van der Waals surface area contributed by atoms with Crippen molar-refractivity contribution in [2.24, 2.45) is 0 Å². The highest BCUT2D eigenvalue weighted by Gasteiger charge is 2.26. The third-order valence-electron chi connectivity index (χ3n) is 2.42. The van der Waals surface area contributed by atoms with Gasteiger partial charge in [-0.2, -0.15) is 0 Å². The maximum atomic E-state index is 11.0. The first-order valence-electron chi connectivity index (χ1n) is 4.84. The Morgan fingerprint density at radius 2 is 2.07 bits per heavy atom. The van der Waals surface area contributed by atoms with Crippen LogP contribution < -0.4 is 4.87 Å². The smallest absolute Gasteiger partial charge is 0.305 e. The molecule has 0 atom stereocenters. The summed E-state index contributed by atoms with van der Waals surface area (Å²) in [5, 5.41) is 0. The van der Waals surface area contributed by atoms with Crippen LogP contribution in [0.15, 0.2) is 23.4 Å². The molecule has 2 aromatic heterocycles. The number of aromatic nitrogens is 3. The number of hydrogen-bond donors (Lipinski definition) is 1. The normalized spacial score (nSPS) is 15.5. The predicted molar refractivity (Wildman–Crippen MR) is 57.9 cm³/mol. The van der Waals surface area contributed by atoms with Gasteiger partial charge in [0.2, 0.25) is 0 Å². The molecule has 0 amide bonds. The summed E-state index contributed by atoms with van der Waals surface area (Å²) < 4.78 is 0. The molecule has 0 saturated heterocycles. The van der Waals surface area contributed by atoms with E-state index in [1.807, 2.05) is 0 Å². The third kappa shape index (κ3) is 1.70. The number of H-pyrrole nitrogens is 1. The number of nitrogens with zero attached hydrogens (tertiary/aromatic N) is 2. The number of thiazole rings is 1. The molecule has 4 nitrogen and oxygen atoms in total. The van der Waals surface area contributed by atoms with Crippen molar-refractivity contribution in [2.75, 3.05) is 0 Å². The molecule has 2 aromatic rings. The minimum absolute atomic E-state index is 0.0451. The number of hydrogen-bond acceptors (Lipinski definition) is 4. The standard InChI is InChI=1S/C10H9N3OS/c14-10-13-5-8(15-10)7-3-11-9(12-4-7)6-1-2-6/h3-6H,1-2H2,(H,13,14). The van der Waals surface area contributed by atoms with Crippen LogP contribution in [0.2, 0.25) is 0 Å². The van der Waals surface area contributed by atoms with Crippen LogP contribution in [0.1, 0.15) is 24.6 Å². The Morgan fingerprint density at radius 3 is 2.60 bits per heavy atom. The van der Waals surface area contributed by atoms with E-state index in [1.54, 1.807) is 18.6 Å². The summed E-state index contributed by atoms with van der Waals surface area (Å²) in [7, 11) is 0. The number of rotatable bonds is 2. The van der Waals surface area contributed by atoms with E-state index in [2.05, 4.69) is 15.0 Å². The lowest BCUT2D eigenvalue weighted by Crippen LogP contribution is -1.91. The molecule has 1 fully saturated rings. The fourth-order valence-electron chi connectivity index (χ4n) is 1.44. The molecule has 0 unspecified atom stereocenters. The Labute approximate surface area is 90.0 Å². The molecule has 0 bridgehead atoms. The van der Waals surface area contributed by atoms with Crippen LogP contribution in [-0.2, 0) is 0 Å². The number of nitrogens with one attached hydrogen (secondary N) is 1. The highest BCUT2D eigenvalue weighted by atomic mass is 32.1. The van der Waals surface area contributed by atoms with Crippen molar-refractivity contribution in [2.45, 2.75) is 18.8 Å². The van der Waals surface area contributed by atoms with Gasteiger partial charge < -0.3 is 4.98 Å². The van der Waals surface area contributed by atoms with E-state index in [9.17, 15) is 4.79 Å². The Hall–Kier alpha value is -1.49. The van der Waals surface area contributed by atoms with Crippen LogP contribution in [0.5, 0.6) is 0 Å². The van der Waals surface area contributed by atoms with Crippen molar-refractivity contribution in [3.05, 3.63) is 34.1 Å². The van der Waals surface area contributed by atoms with E-state index in [4.69, 9.17) is 0 Å². The summed E-state index contributed by atoms with van der Waals surface area (Å²) in [6.07, 6.45) is 7.69. The summed E-state index contributed by atoms with van der Waals surface area (Å²) in [5.41, 5.74) is 0.905. The van der Waals surface area contributed by atoms with Crippen molar-refractivity contribution in [1.82, 2.24) is 15.0 Å². The quantitative estimate of drug-likeness (QED) is 0.837. The fraction of sp³-hybridized carbons (Fsp3) is 0.300. The fourth-order valence-corrected chi connectivity index (χ4v) is 2.10. The molecule has 1 aliphatic rings. The molecule has 0 aromatic carbocycles. The molecule has 76 valence electrons. The largest absolute Gasteiger partial charge is 0.319 e. The second-order valence-corrected chi connectivity index (χ2v) is 4.66. The van der Waals surface area contributed by atoms with Crippen LogP contribution in [0.3, 0.4) is 0 Å². The molecule has 0 spiro atoms. The minimum atomic E-state index is -0.0451. The summed E-state index contributed by atoms with van der Waals surface area (Å²) in [6, 6.07) is 0. The highest BCUT2D eigenvalue weighted by Crippen LogP contribution is 2.37. The van der Waals surface area contributed by atoms with Gasteiger partial charge in [0.15, 0.2) is 0 Å². The summed E-state index contributed by atoms with van der Waals surface area (Å²) in [5.74, 6) is 1.51. The molecule has 0 radical (unpaired) electrons. The Morgan fingerprint density at radius 1 is 1.33 bits per heavy atom. The third-order valence-corrected chi connectivity index (χ3v) is 3.30. The van der Waals surface area contributed by atoms with Crippen LogP contribution in [0, 0.1) is 0 Å². The van der Waals surface area contributed by atoms with Crippen LogP contribution in [0.25, 0.3) is 10.4 Å². The molecule has 15 heavy (non-hydrogen) atoms. The maximum Gasteiger partial charge on any atom is 0.305 e. The molecule has 3 rings (SSSR count). The zero-order valence-electron chi connectivity index (χ0n) is 7.93. The molecule has 2 heterocycles. The zero-order valence-corrected chi connectivity index (χ0v) is 8.75. The SMILES string of the molecule is O=c1[nH]cc(-c2cnc(C3CC3)nc2)s1.